The number of hydrogen-bond donors (Lipinski definition) is 2. The van der Waals surface area contributed by atoms with E-state index in [-0.39, 0.29) is 4.21 Å². The van der Waals surface area contributed by atoms with E-state index in [2.05, 4.69) is 20.7 Å². The molecule has 1 heterocycles. The Labute approximate surface area is 112 Å². The third-order valence-electron chi connectivity index (χ3n) is 2.02. The molecule has 0 fully saturated rings. The maximum absolute atomic E-state index is 11.9. The van der Waals surface area contributed by atoms with E-state index in [9.17, 15) is 8.42 Å². The van der Waals surface area contributed by atoms with E-state index in [0.29, 0.717) is 11.4 Å². The van der Waals surface area contributed by atoms with Crippen molar-refractivity contribution in [3.05, 3.63) is 40.2 Å². The molecule has 0 spiro atoms. The molecule has 0 bridgehead atoms. The van der Waals surface area contributed by atoms with Gasteiger partial charge in [0.05, 0.1) is 11.4 Å². The lowest BCUT2D eigenvalue weighted by molar-refractivity contribution is 0.603. The van der Waals surface area contributed by atoms with Gasteiger partial charge in [-0.15, -0.1) is 11.3 Å². The third-order valence-corrected chi connectivity index (χ3v) is 5.27. The van der Waals surface area contributed by atoms with Crippen LogP contribution in [0.25, 0.3) is 0 Å². The lowest BCUT2D eigenvalue weighted by Gasteiger charge is -2.09. The zero-order valence-electron chi connectivity index (χ0n) is 8.55. The van der Waals surface area contributed by atoms with E-state index in [4.69, 9.17) is 5.73 Å². The number of rotatable bonds is 3. The highest BCUT2D eigenvalue weighted by Crippen LogP contribution is 2.26. The second-order valence-electron chi connectivity index (χ2n) is 3.27. The van der Waals surface area contributed by atoms with Gasteiger partial charge in [-0.1, -0.05) is 22.0 Å². The molecule has 0 unspecified atom stereocenters. The predicted molar refractivity (Wildman–Crippen MR) is 73.7 cm³/mol. The summed E-state index contributed by atoms with van der Waals surface area (Å²) in [6.45, 7) is 0. The molecule has 0 aliphatic rings. The number of nitrogen functional groups attached to an aromatic ring is 1. The summed E-state index contributed by atoms with van der Waals surface area (Å²) in [5.41, 5.74) is 6.48. The van der Waals surface area contributed by atoms with Crippen molar-refractivity contribution in [3.8, 4) is 0 Å². The first-order chi connectivity index (χ1) is 7.99. The Morgan fingerprint density at radius 2 is 2.06 bits per heavy atom. The molecule has 3 N–H and O–H groups in total. The Hall–Kier alpha value is -1.05. The Balaban J connectivity index is 2.33. The van der Waals surface area contributed by atoms with Crippen LogP contribution in [0.2, 0.25) is 0 Å². The number of anilines is 2. The van der Waals surface area contributed by atoms with Gasteiger partial charge in [-0.3, -0.25) is 4.72 Å². The molecule has 90 valence electrons. The third kappa shape index (κ3) is 2.80. The van der Waals surface area contributed by atoms with Gasteiger partial charge in [0, 0.05) is 4.47 Å². The fourth-order valence-electron chi connectivity index (χ4n) is 1.24. The fourth-order valence-corrected chi connectivity index (χ4v) is 3.70. The Morgan fingerprint density at radius 3 is 2.65 bits per heavy atom. The topological polar surface area (TPSA) is 72.2 Å². The molecule has 0 radical (unpaired) electrons. The maximum atomic E-state index is 11.9. The molecular formula is C10H9BrN2O2S2. The number of nitrogens with two attached hydrogens (primary N) is 1. The van der Waals surface area contributed by atoms with Gasteiger partial charge in [0.2, 0.25) is 0 Å². The summed E-state index contributed by atoms with van der Waals surface area (Å²) >= 11 is 4.42. The molecule has 17 heavy (non-hydrogen) atoms. The molecule has 2 aromatic rings. The largest absolute Gasteiger partial charge is 0.397 e. The predicted octanol–water partition coefficient (Wildman–Crippen LogP) is 2.89. The van der Waals surface area contributed by atoms with Crippen molar-refractivity contribution < 1.29 is 8.42 Å². The Bertz CT molecular complexity index is 624. The molecule has 1 aromatic heterocycles. The summed E-state index contributed by atoms with van der Waals surface area (Å²) in [6, 6.07) is 8.21. The van der Waals surface area contributed by atoms with Crippen LogP contribution in [-0.4, -0.2) is 8.42 Å². The van der Waals surface area contributed by atoms with Crippen LogP contribution in [0.3, 0.4) is 0 Å². The molecule has 0 amide bonds. The van der Waals surface area contributed by atoms with Crippen LogP contribution in [0.1, 0.15) is 0 Å². The number of nitrogens with one attached hydrogen (secondary N) is 1. The fraction of sp³-hybridized carbons (Fsp3) is 0. The van der Waals surface area contributed by atoms with Crippen molar-refractivity contribution in [2.24, 2.45) is 0 Å². The molecule has 2 rings (SSSR count). The van der Waals surface area contributed by atoms with Crippen molar-refractivity contribution in [1.82, 2.24) is 0 Å². The second-order valence-corrected chi connectivity index (χ2v) is 7.04. The zero-order valence-corrected chi connectivity index (χ0v) is 11.8. The minimum atomic E-state index is -3.53. The molecule has 0 saturated carbocycles. The molecule has 7 heteroatoms. The summed E-state index contributed by atoms with van der Waals surface area (Å²) in [5.74, 6) is 0. The summed E-state index contributed by atoms with van der Waals surface area (Å²) < 4.78 is 27.4. The molecule has 0 aliphatic heterocycles. The van der Waals surface area contributed by atoms with Gasteiger partial charge in [0.25, 0.3) is 10.0 Å². The summed E-state index contributed by atoms with van der Waals surface area (Å²) in [5, 5.41) is 1.71. The van der Waals surface area contributed by atoms with Crippen molar-refractivity contribution in [1.29, 1.82) is 0 Å². The van der Waals surface area contributed by atoms with Crippen molar-refractivity contribution >= 4 is 48.7 Å². The lowest BCUT2D eigenvalue weighted by Crippen LogP contribution is -2.12. The van der Waals surface area contributed by atoms with Gasteiger partial charge in [-0.2, -0.15) is 0 Å². The minimum absolute atomic E-state index is 0.264. The second kappa shape index (κ2) is 4.67. The molecular weight excluding hydrogens is 324 g/mol. The van der Waals surface area contributed by atoms with Crippen LogP contribution in [0.15, 0.2) is 44.4 Å². The van der Waals surface area contributed by atoms with E-state index in [1.807, 2.05) is 0 Å². The van der Waals surface area contributed by atoms with Gasteiger partial charge in [-0.25, -0.2) is 8.42 Å². The molecule has 4 nitrogen and oxygen atoms in total. The average Bonchev–Trinajstić information content (AvgIpc) is 2.76. The van der Waals surface area contributed by atoms with Crippen LogP contribution in [0, 0.1) is 0 Å². The Morgan fingerprint density at radius 1 is 1.29 bits per heavy atom. The number of halogens is 1. The molecule has 0 saturated heterocycles. The van der Waals surface area contributed by atoms with E-state index >= 15 is 0 Å². The smallest absolute Gasteiger partial charge is 0.271 e. The van der Waals surface area contributed by atoms with Crippen LogP contribution in [0.4, 0.5) is 11.4 Å². The van der Waals surface area contributed by atoms with E-state index in [1.165, 1.54) is 0 Å². The van der Waals surface area contributed by atoms with Crippen LogP contribution in [0.5, 0.6) is 0 Å². The first-order valence-corrected chi connectivity index (χ1v) is 7.76. The average molecular weight is 333 g/mol. The quantitative estimate of drug-likeness (QED) is 0.849. The number of benzene rings is 1. The standard InChI is InChI=1S/C10H9BrN2O2S2/c11-7-3-4-9(8(12)6-7)13-17(14,15)10-2-1-5-16-10/h1-6,13H,12H2. The molecule has 0 aliphatic carbocycles. The van der Waals surface area contributed by atoms with Gasteiger partial charge in [-0.05, 0) is 29.6 Å². The number of thiophene rings is 1. The van der Waals surface area contributed by atoms with Gasteiger partial charge in [0.15, 0.2) is 0 Å². The minimum Gasteiger partial charge on any atom is -0.397 e. The monoisotopic (exact) mass is 332 g/mol. The number of hydrogen-bond acceptors (Lipinski definition) is 4. The van der Waals surface area contributed by atoms with Gasteiger partial charge < -0.3 is 5.73 Å². The first kappa shape index (κ1) is 12.4. The van der Waals surface area contributed by atoms with E-state index in [0.717, 1.165) is 15.8 Å². The van der Waals surface area contributed by atoms with Crippen molar-refractivity contribution in [2.75, 3.05) is 10.5 Å². The van der Waals surface area contributed by atoms with E-state index in [1.54, 1.807) is 35.7 Å². The summed E-state index contributed by atoms with van der Waals surface area (Å²) in [7, 11) is -3.53. The van der Waals surface area contributed by atoms with Crippen LogP contribution < -0.4 is 10.5 Å². The van der Waals surface area contributed by atoms with Gasteiger partial charge >= 0.3 is 0 Å². The van der Waals surface area contributed by atoms with Crippen molar-refractivity contribution in [3.63, 3.8) is 0 Å². The summed E-state index contributed by atoms with van der Waals surface area (Å²) in [4.78, 5) is 0. The maximum Gasteiger partial charge on any atom is 0.271 e. The molecule has 1 aromatic carbocycles. The zero-order chi connectivity index (χ0) is 12.5. The van der Waals surface area contributed by atoms with E-state index < -0.39 is 10.0 Å². The van der Waals surface area contributed by atoms with Crippen LogP contribution >= 0.6 is 27.3 Å². The summed E-state index contributed by atoms with van der Waals surface area (Å²) in [6.07, 6.45) is 0. The highest BCUT2D eigenvalue weighted by atomic mass is 79.9. The van der Waals surface area contributed by atoms with Crippen molar-refractivity contribution in [2.45, 2.75) is 4.21 Å². The first-order valence-electron chi connectivity index (χ1n) is 4.60. The van der Waals surface area contributed by atoms with Crippen LogP contribution in [-0.2, 0) is 10.0 Å². The normalized spacial score (nSPS) is 11.4. The van der Waals surface area contributed by atoms with Gasteiger partial charge in [0.1, 0.15) is 4.21 Å². The highest BCUT2D eigenvalue weighted by molar-refractivity contribution is 9.10. The highest BCUT2D eigenvalue weighted by Gasteiger charge is 2.16. The SMILES string of the molecule is Nc1cc(Br)ccc1NS(=O)(=O)c1cccs1. The lowest BCUT2D eigenvalue weighted by atomic mass is 10.3. The number of sulfonamides is 1. The Kier molecular flexibility index (Phi) is 3.41. The molecule has 0 atom stereocenters.